The third-order valence-corrected chi connectivity index (χ3v) is 4.41. The molecule has 0 aromatic rings. The molecule has 2 aliphatic rings. The lowest BCUT2D eigenvalue weighted by Crippen LogP contribution is -2.56. The molecule has 0 bridgehead atoms. The van der Waals surface area contributed by atoms with Crippen LogP contribution < -0.4 is 5.32 Å². The van der Waals surface area contributed by atoms with E-state index in [1.807, 2.05) is 0 Å². The van der Waals surface area contributed by atoms with Crippen LogP contribution in [0.4, 0.5) is 0 Å². The number of nitrogens with one attached hydrogen (secondary N) is 1. The molecule has 1 saturated carbocycles. The molecule has 1 aliphatic heterocycles. The van der Waals surface area contributed by atoms with Crippen LogP contribution in [0.3, 0.4) is 0 Å². The molecule has 3 heteroatoms. The summed E-state index contributed by atoms with van der Waals surface area (Å²) in [5.74, 6) is 0. The second-order valence-corrected chi connectivity index (χ2v) is 5.72. The molecule has 0 radical (unpaired) electrons. The number of likely N-dealkylation sites (N-methyl/N-ethyl adjacent to an activating group) is 1. The molecule has 0 aromatic heterocycles. The van der Waals surface area contributed by atoms with Crippen LogP contribution in [0.2, 0.25) is 0 Å². The Morgan fingerprint density at radius 3 is 2.53 bits per heavy atom. The van der Waals surface area contributed by atoms with E-state index in [0.29, 0.717) is 0 Å². The molecule has 0 aromatic carbocycles. The second-order valence-electron chi connectivity index (χ2n) is 5.72. The van der Waals surface area contributed by atoms with E-state index in [4.69, 9.17) is 0 Å². The Morgan fingerprint density at radius 1 is 1.24 bits per heavy atom. The highest BCUT2D eigenvalue weighted by molar-refractivity contribution is 4.87. The maximum Gasteiger partial charge on any atom is 0.0219 e. The van der Waals surface area contributed by atoms with E-state index in [2.05, 4.69) is 35.9 Å². The van der Waals surface area contributed by atoms with Gasteiger partial charge in [-0.05, 0) is 32.7 Å². The fourth-order valence-corrected chi connectivity index (χ4v) is 2.95. The predicted octanol–water partition coefficient (Wildman–Crippen LogP) is 1.54. The molecular weight excluding hydrogens is 210 g/mol. The van der Waals surface area contributed by atoms with E-state index in [1.54, 1.807) is 0 Å². The van der Waals surface area contributed by atoms with Gasteiger partial charge in [0.1, 0.15) is 0 Å². The van der Waals surface area contributed by atoms with Crippen molar-refractivity contribution in [2.75, 3.05) is 32.7 Å². The number of rotatable bonds is 6. The molecule has 2 unspecified atom stereocenters. The third kappa shape index (κ3) is 3.67. The molecule has 0 spiro atoms. The summed E-state index contributed by atoms with van der Waals surface area (Å²) >= 11 is 0. The molecule has 2 atom stereocenters. The lowest BCUT2D eigenvalue weighted by Gasteiger charge is -2.43. The van der Waals surface area contributed by atoms with Crippen molar-refractivity contribution in [1.82, 2.24) is 15.1 Å². The maximum absolute atomic E-state index is 3.69. The average molecular weight is 239 g/mol. The van der Waals surface area contributed by atoms with E-state index in [0.717, 1.165) is 18.1 Å². The van der Waals surface area contributed by atoms with Gasteiger partial charge in [-0.2, -0.15) is 0 Å². The first-order valence-corrected chi connectivity index (χ1v) is 7.46. The van der Waals surface area contributed by atoms with Gasteiger partial charge < -0.3 is 5.32 Å². The summed E-state index contributed by atoms with van der Waals surface area (Å²) in [6.07, 6.45) is 4.07. The standard InChI is InChI=1S/C14H29N3/c1-4-14(10-15-13-6-7-13)17-9-8-16(5-2)12(3)11-17/h12-15H,4-11H2,1-3H3. The van der Waals surface area contributed by atoms with Gasteiger partial charge in [0.05, 0.1) is 0 Å². The average Bonchev–Trinajstić information content (AvgIpc) is 3.14. The zero-order valence-corrected chi connectivity index (χ0v) is 11.8. The fourth-order valence-electron chi connectivity index (χ4n) is 2.95. The zero-order chi connectivity index (χ0) is 12.3. The normalized spacial score (nSPS) is 29.5. The Bertz CT molecular complexity index is 228. The smallest absolute Gasteiger partial charge is 0.0219 e. The second kappa shape index (κ2) is 6.17. The van der Waals surface area contributed by atoms with Gasteiger partial charge in [-0.3, -0.25) is 9.80 Å². The topological polar surface area (TPSA) is 18.5 Å². The van der Waals surface area contributed by atoms with Crippen LogP contribution in [0.5, 0.6) is 0 Å². The SMILES string of the molecule is CCC(CNC1CC1)N1CCN(CC)C(C)C1. The summed E-state index contributed by atoms with van der Waals surface area (Å²) in [5, 5.41) is 3.69. The Labute approximate surface area is 107 Å². The summed E-state index contributed by atoms with van der Waals surface area (Å²) in [6, 6.07) is 2.32. The van der Waals surface area contributed by atoms with Crippen molar-refractivity contribution in [3.05, 3.63) is 0 Å². The molecule has 1 saturated heterocycles. The minimum Gasteiger partial charge on any atom is -0.312 e. The molecule has 2 fully saturated rings. The van der Waals surface area contributed by atoms with Gasteiger partial charge in [0.25, 0.3) is 0 Å². The van der Waals surface area contributed by atoms with Gasteiger partial charge in [-0.15, -0.1) is 0 Å². The number of nitrogens with zero attached hydrogens (tertiary/aromatic N) is 2. The predicted molar refractivity (Wildman–Crippen MR) is 73.4 cm³/mol. The molecule has 1 aliphatic carbocycles. The van der Waals surface area contributed by atoms with Gasteiger partial charge in [0, 0.05) is 44.3 Å². The highest BCUT2D eigenvalue weighted by atomic mass is 15.3. The van der Waals surface area contributed by atoms with Gasteiger partial charge >= 0.3 is 0 Å². The van der Waals surface area contributed by atoms with Crippen LogP contribution in [0.25, 0.3) is 0 Å². The van der Waals surface area contributed by atoms with Crippen molar-refractivity contribution in [3.63, 3.8) is 0 Å². The van der Waals surface area contributed by atoms with Crippen molar-refractivity contribution in [2.24, 2.45) is 0 Å². The summed E-state index contributed by atoms with van der Waals surface area (Å²) in [6.45, 7) is 13.1. The molecule has 100 valence electrons. The van der Waals surface area contributed by atoms with Crippen molar-refractivity contribution >= 4 is 0 Å². The summed E-state index contributed by atoms with van der Waals surface area (Å²) in [7, 11) is 0. The van der Waals surface area contributed by atoms with Crippen LogP contribution in [-0.4, -0.2) is 60.6 Å². The molecule has 2 rings (SSSR count). The minimum absolute atomic E-state index is 0.726. The zero-order valence-electron chi connectivity index (χ0n) is 11.8. The highest BCUT2D eigenvalue weighted by Crippen LogP contribution is 2.20. The summed E-state index contributed by atoms with van der Waals surface area (Å²) in [4.78, 5) is 5.30. The molecular formula is C14H29N3. The van der Waals surface area contributed by atoms with Crippen molar-refractivity contribution < 1.29 is 0 Å². The third-order valence-electron chi connectivity index (χ3n) is 4.41. The van der Waals surface area contributed by atoms with Crippen LogP contribution in [-0.2, 0) is 0 Å². The molecule has 1 heterocycles. The molecule has 17 heavy (non-hydrogen) atoms. The number of hydrogen-bond donors (Lipinski definition) is 1. The lowest BCUT2D eigenvalue weighted by atomic mass is 10.1. The summed E-state index contributed by atoms with van der Waals surface area (Å²) < 4.78 is 0. The van der Waals surface area contributed by atoms with Gasteiger partial charge in [-0.1, -0.05) is 13.8 Å². The Kier molecular flexibility index (Phi) is 4.83. The van der Waals surface area contributed by atoms with Gasteiger partial charge in [0.2, 0.25) is 0 Å². The highest BCUT2D eigenvalue weighted by Gasteiger charge is 2.28. The first-order valence-electron chi connectivity index (χ1n) is 7.46. The summed E-state index contributed by atoms with van der Waals surface area (Å²) in [5.41, 5.74) is 0. The quantitative estimate of drug-likeness (QED) is 0.758. The first-order chi connectivity index (χ1) is 8.24. The Morgan fingerprint density at radius 2 is 2.00 bits per heavy atom. The number of hydrogen-bond acceptors (Lipinski definition) is 3. The Hall–Kier alpha value is -0.120. The van der Waals surface area contributed by atoms with Crippen LogP contribution in [0, 0.1) is 0 Å². The molecule has 1 N–H and O–H groups in total. The maximum atomic E-state index is 3.69. The first kappa shape index (κ1) is 13.3. The van der Waals surface area contributed by atoms with Crippen LogP contribution in [0.15, 0.2) is 0 Å². The van der Waals surface area contributed by atoms with E-state index >= 15 is 0 Å². The Balaban J connectivity index is 1.78. The van der Waals surface area contributed by atoms with E-state index < -0.39 is 0 Å². The van der Waals surface area contributed by atoms with E-state index in [-0.39, 0.29) is 0 Å². The van der Waals surface area contributed by atoms with Crippen LogP contribution in [0.1, 0.15) is 40.0 Å². The van der Waals surface area contributed by atoms with E-state index in [1.165, 1.54) is 52.0 Å². The van der Waals surface area contributed by atoms with Crippen LogP contribution >= 0.6 is 0 Å². The lowest BCUT2D eigenvalue weighted by molar-refractivity contribution is 0.0571. The number of piperazine rings is 1. The van der Waals surface area contributed by atoms with Gasteiger partial charge in [-0.25, -0.2) is 0 Å². The largest absolute Gasteiger partial charge is 0.312 e. The van der Waals surface area contributed by atoms with E-state index in [9.17, 15) is 0 Å². The molecule has 3 nitrogen and oxygen atoms in total. The molecule has 0 amide bonds. The fraction of sp³-hybridized carbons (Fsp3) is 1.00. The van der Waals surface area contributed by atoms with Crippen molar-refractivity contribution in [2.45, 2.75) is 58.2 Å². The van der Waals surface area contributed by atoms with Crippen molar-refractivity contribution in [1.29, 1.82) is 0 Å². The monoisotopic (exact) mass is 239 g/mol. The van der Waals surface area contributed by atoms with Crippen molar-refractivity contribution in [3.8, 4) is 0 Å². The van der Waals surface area contributed by atoms with Gasteiger partial charge in [0.15, 0.2) is 0 Å². The minimum atomic E-state index is 0.726.